The van der Waals surface area contributed by atoms with Crippen LogP contribution in [0.1, 0.15) is 24.6 Å². The van der Waals surface area contributed by atoms with Gasteiger partial charge in [-0.05, 0) is 31.4 Å². The largest absolute Gasteiger partial charge is 0.388 e. The Balaban J connectivity index is 1.89. The normalized spacial score (nSPS) is 11.8. The molecule has 0 fully saturated rings. The van der Waals surface area contributed by atoms with Gasteiger partial charge in [0, 0.05) is 12.2 Å². The van der Waals surface area contributed by atoms with Gasteiger partial charge in [-0.25, -0.2) is 9.97 Å². The van der Waals surface area contributed by atoms with Gasteiger partial charge >= 0.3 is 0 Å². The van der Waals surface area contributed by atoms with Gasteiger partial charge in [-0.3, -0.25) is 0 Å². The molecule has 0 radical (unpaired) electrons. The van der Waals surface area contributed by atoms with Crippen LogP contribution in [0, 0.1) is 0 Å². The summed E-state index contributed by atoms with van der Waals surface area (Å²) >= 11 is 4.91. The molecule has 2 aromatic rings. The van der Waals surface area contributed by atoms with Gasteiger partial charge < -0.3 is 11.1 Å². The summed E-state index contributed by atoms with van der Waals surface area (Å²) < 4.78 is 0. The monoisotopic (exact) mass is 286 g/mol. The zero-order chi connectivity index (χ0) is 14.4. The number of benzene rings is 1. The predicted molar refractivity (Wildman–Crippen MR) is 85.8 cm³/mol. The topological polar surface area (TPSA) is 63.8 Å². The molecule has 2 rings (SSSR count). The van der Waals surface area contributed by atoms with Crippen LogP contribution in [0.3, 0.4) is 0 Å². The molecule has 1 aromatic heterocycles. The van der Waals surface area contributed by atoms with Crippen LogP contribution >= 0.6 is 12.2 Å². The number of nitrogens with one attached hydrogen (secondary N) is 1. The van der Waals surface area contributed by atoms with E-state index in [2.05, 4.69) is 46.5 Å². The molecular weight excluding hydrogens is 268 g/mol. The molecule has 5 heteroatoms. The second kappa shape index (κ2) is 6.96. The maximum Gasteiger partial charge on any atom is 0.223 e. The number of aryl methyl sites for hydroxylation is 1. The van der Waals surface area contributed by atoms with Crippen molar-refractivity contribution in [1.29, 1.82) is 0 Å². The minimum atomic E-state index is 0.275. The van der Waals surface area contributed by atoms with E-state index in [0.29, 0.717) is 11.6 Å². The van der Waals surface area contributed by atoms with Crippen LogP contribution in [0.15, 0.2) is 42.6 Å². The van der Waals surface area contributed by atoms with Gasteiger partial charge in [-0.2, -0.15) is 0 Å². The molecule has 0 amide bonds. The number of hydrogen-bond acceptors (Lipinski definition) is 4. The molecule has 3 N–H and O–H groups in total. The molecule has 0 spiro atoms. The first kappa shape index (κ1) is 14.4. The smallest absolute Gasteiger partial charge is 0.223 e. The number of thiocarbonyl (C=S) groups is 1. The zero-order valence-corrected chi connectivity index (χ0v) is 12.2. The van der Waals surface area contributed by atoms with Gasteiger partial charge in [0.05, 0.1) is 0 Å². The molecule has 4 nitrogen and oxygen atoms in total. The number of nitrogens with two attached hydrogens (primary N) is 1. The van der Waals surface area contributed by atoms with Crippen LogP contribution in [-0.2, 0) is 6.42 Å². The Hall–Kier alpha value is -2.01. The average Bonchev–Trinajstić information content (AvgIpc) is 2.46. The SMILES string of the molecule is CC(CCc1ccccc1)Nc1nccc(C(N)=S)n1. The maximum absolute atomic E-state index is 5.56. The van der Waals surface area contributed by atoms with Crippen LogP contribution in [0.4, 0.5) is 5.95 Å². The minimum Gasteiger partial charge on any atom is -0.388 e. The molecule has 1 unspecified atom stereocenters. The third kappa shape index (κ3) is 4.28. The van der Waals surface area contributed by atoms with Crippen molar-refractivity contribution in [2.75, 3.05) is 5.32 Å². The fourth-order valence-electron chi connectivity index (χ4n) is 1.89. The fourth-order valence-corrected chi connectivity index (χ4v) is 2.00. The first-order chi connectivity index (χ1) is 9.65. The number of anilines is 1. The molecule has 1 aromatic carbocycles. The highest BCUT2D eigenvalue weighted by atomic mass is 32.1. The summed E-state index contributed by atoms with van der Waals surface area (Å²) in [6.45, 7) is 2.11. The van der Waals surface area contributed by atoms with Gasteiger partial charge in [-0.1, -0.05) is 42.5 Å². The van der Waals surface area contributed by atoms with Gasteiger partial charge in [0.1, 0.15) is 10.7 Å². The van der Waals surface area contributed by atoms with E-state index in [0.717, 1.165) is 12.8 Å². The number of aromatic nitrogens is 2. The van der Waals surface area contributed by atoms with Crippen molar-refractivity contribution >= 4 is 23.2 Å². The predicted octanol–water partition coefficient (Wildman–Crippen LogP) is 2.54. The molecule has 0 saturated heterocycles. The standard InChI is InChI=1S/C15H18N4S/c1-11(7-8-12-5-3-2-4-6-12)18-15-17-10-9-13(19-15)14(16)20/h2-6,9-11H,7-8H2,1H3,(H2,16,20)(H,17,18,19). The highest BCUT2D eigenvalue weighted by molar-refractivity contribution is 7.80. The van der Waals surface area contributed by atoms with Gasteiger partial charge in [-0.15, -0.1) is 0 Å². The van der Waals surface area contributed by atoms with E-state index >= 15 is 0 Å². The van der Waals surface area contributed by atoms with E-state index in [1.807, 2.05) is 6.07 Å². The Bertz CT molecular complexity index is 571. The third-order valence-corrected chi connectivity index (χ3v) is 3.20. The molecule has 0 aliphatic carbocycles. The average molecular weight is 286 g/mol. The van der Waals surface area contributed by atoms with Crippen molar-refractivity contribution in [2.24, 2.45) is 5.73 Å². The lowest BCUT2D eigenvalue weighted by Gasteiger charge is -2.14. The fraction of sp³-hybridized carbons (Fsp3) is 0.267. The molecule has 0 bridgehead atoms. The quantitative estimate of drug-likeness (QED) is 0.799. The number of rotatable bonds is 6. The van der Waals surface area contributed by atoms with Crippen LogP contribution in [0.2, 0.25) is 0 Å². The Morgan fingerprint density at radius 3 is 2.75 bits per heavy atom. The lowest BCUT2D eigenvalue weighted by Crippen LogP contribution is -2.19. The van der Waals surface area contributed by atoms with Crippen LogP contribution in [-0.4, -0.2) is 21.0 Å². The molecular formula is C15H18N4S. The highest BCUT2D eigenvalue weighted by Gasteiger charge is 2.06. The van der Waals surface area contributed by atoms with Crippen LogP contribution in [0.25, 0.3) is 0 Å². The molecule has 1 heterocycles. The summed E-state index contributed by atoms with van der Waals surface area (Å²) in [5, 5.41) is 3.27. The zero-order valence-electron chi connectivity index (χ0n) is 11.4. The lowest BCUT2D eigenvalue weighted by atomic mass is 10.1. The van der Waals surface area contributed by atoms with Crippen molar-refractivity contribution in [3.05, 3.63) is 53.9 Å². The molecule has 1 atom stereocenters. The third-order valence-electron chi connectivity index (χ3n) is 2.99. The van der Waals surface area contributed by atoms with Gasteiger partial charge in [0.2, 0.25) is 5.95 Å². The maximum atomic E-state index is 5.56. The summed E-state index contributed by atoms with van der Waals surface area (Å²) in [4.78, 5) is 8.74. The van der Waals surface area contributed by atoms with Gasteiger partial charge in [0.15, 0.2) is 0 Å². The first-order valence-corrected chi connectivity index (χ1v) is 6.99. The van der Waals surface area contributed by atoms with E-state index in [4.69, 9.17) is 18.0 Å². The van der Waals surface area contributed by atoms with Gasteiger partial charge in [0.25, 0.3) is 0 Å². The van der Waals surface area contributed by atoms with Crippen molar-refractivity contribution < 1.29 is 0 Å². The van der Waals surface area contributed by atoms with Crippen molar-refractivity contribution in [3.63, 3.8) is 0 Å². The summed E-state index contributed by atoms with van der Waals surface area (Å²) in [6, 6.07) is 12.4. The summed E-state index contributed by atoms with van der Waals surface area (Å²) in [7, 11) is 0. The highest BCUT2D eigenvalue weighted by Crippen LogP contribution is 2.08. The van der Waals surface area contributed by atoms with Crippen LogP contribution in [0.5, 0.6) is 0 Å². The minimum absolute atomic E-state index is 0.275. The first-order valence-electron chi connectivity index (χ1n) is 6.58. The Morgan fingerprint density at radius 2 is 2.05 bits per heavy atom. The molecule has 0 aliphatic rings. The second-order valence-corrected chi connectivity index (χ2v) is 5.14. The summed E-state index contributed by atoms with van der Waals surface area (Å²) in [6.07, 6.45) is 3.68. The van der Waals surface area contributed by atoms with Crippen molar-refractivity contribution in [2.45, 2.75) is 25.8 Å². The Kier molecular flexibility index (Phi) is 5.01. The van der Waals surface area contributed by atoms with E-state index in [1.54, 1.807) is 12.3 Å². The molecule has 20 heavy (non-hydrogen) atoms. The molecule has 104 valence electrons. The summed E-state index contributed by atoms with van der Waals surface area (Å²) in [5.74, 6) is 0.566. The van der Waals surface area contributed by atoms with E-state index < -0.39 is 0 Å². The van der Waals surface area contributed by atoms with Crippen LogP contribution < -0.4 is 11.1 Å². The number of nitrogens with zero attached hydrogens (tertiary/aromatic N) is 2. The molecule has 0 aliphatic heterocycles. The molecule has 0 saturated carbocycles. The Labute approximate surface area is 124 Å². The lowest BCUT2D eigenvalue weighted by molar-refractivity contribution is 0.698. The Morgan fingerprint density at radius 1 is 1.30 bits per heavy atom. The van der Waals surface area contributed by atoms with E-state index in [9.17, 15) is 0 Å². The van der Waals surface area contributed by atoms with E-state index in [-0.39, 0.29) is 11.0 Å². The summed E-state index contributed by atoms with van der Waals surface area (Å²) in [5.41, 5.74) is 7.48. The second-order valence-electron chi connectivity index (χ2n) is 4.70. The van der Waals surface area contributed by atoms with Crippen molar-refractivity contribution in [3.8, 4) is 0 Å². The van der Waals surface area contributed by atoms with Crippen molar-refractivity contribution in [1.82, 2.24) is 9.97 Å². The van der Waals surface area contributed by atoms with E-state index in [1.165, 1.54) is 5.56 Å². The number of hydrogen-bond donors (Lipinski definition) is 2.